The molecule has 0 N–H and O–H groups in total. The SMILES string of the molecule is CC1(C)Cc2c(F)cccc2C(c2cnc3c(F)c(F)ccc3c2)=N1. The van der Waals surface area contributed by atoms with E-state index in [1.54, 1.807) is 12.1 Å². The van der Waals surface area contributed by atoms with E-state index in [9.17, 15) is 13.2 Å². The van der Waals surface area contributed by atoms with Gasteiger partial charge in [-0.25, -0.2) is 13.2 Å². The number of halogens is 3. The van der Waals surface area contributed by atoms with Gasteiger partial charge in [0.25, 0.3) is 0 Å². The van der Waals surface area contributed by atoms with Gasteiger partial charge in [0.2, 0.25) is 0 Å². The van der Waals surface area contributed by atoms with Crippen LogP contribution in [0, 0.1) is 17.5 Å². The van der Waals surface area contributed by atoms with E-state index < -0.39 is 17.2 Å². The van der Waals surface area contributed by atoms with Crippen LogP contribution >= 0.6 is 0 Å². The van der Waals surface area contributed by atoms with Gasteiger partial charge in [-0.1, -0.05) is 12.1 Å². The van der Waals surface area contributed by atoms with E-state index in [0.29, 0.717) is 34.2 Å². The summed E-state index contributed by atoms with van der Waals surface area (Å²) < 4.78 is 41.5. The van der Waals surface area contributed by atoms with Crippen molar-refractivity contribution < 1.29 is 13.2 Å². The topological polar surface area (TPSA) is 25.2 Å². The van der Waals surface area contributed by atoms with Crippen LogP contribution in [0.1, 0.15) is 30.5 Å². The molecular weight excluding hydrogens is 325 g/mol. The van der Waals surface area contributed by atoms with Crippen molar-refractivity contribution in [1.82, 2.24) is 4.98 Å². The Morgan fingerprint density at radius 3 is 2.60 bits per heavy atom. The first-order chi connectivity index (χ1) is 11.9. The minimum atomic E-state index is -0.971. The molecule has 0 atom stereocenters. The summed E-state index contributed by atoms with van der Waals surface area (Å²) in [5.41, 5.74) is 2.10. The number of hydrogen-bond donors (Lipinski definition) is 0. The fourth-order valence-electron chi connectivity index (χ4n) is 3.29. The second-order valence-corrected chi connectivity index (χ2v) is 6.87. The second-order valence-electron chi connectivity index (χ2n) is 6.87. The molecule has 0 bridgehead atoms. The van der Waals surface area contributed by atoms with Crippen molar-refractivity contribution in [1.29, 1.82) is 0 Å². The maximum Gasteiger partial charge on any atom is 0.184 e. The Hall–Kier alpha value is -2.69. The van der Waals surface area contributed by atoms with Gasteiger partial charge in [-0.2, -0.15) is 0 Å². The number of nitrogens with zero attached hydrogens (tertiary/aromatic N) is 2. The third-order valence-electron chi connectivity index (χ3n) is 4.42. The predicted molar refractivity (Wildman–Crippen MR) is 91.5 cm³/mol. The van der Waals surface area contributed by atoms with E-state index >= 15 is 0 Å². The lowest BCUT2D eigenvalue weighted by atomic mass is 9.85. The number of pyridine rings is 1. The molecule has 0 aliphatic carbocycles. The normalized spacial score (nSPS) is 15.8. The fourth-order valence-corrected chi connectivity index (χ4v) is 3.29. The van der Waals surface area contributed by atoms with Crippen molar-refractivity contribution in [3.63, 3.8) is 0 Å². The first-order valence-electron chi connectivity index (χ1n) is 7.97. The molecule has 4 rings (SSSR count). The summed E-state index contributed by atoms with van der Waals surface area (Å²) >= 11 is 0. The average molecular weight is 340 g/mol. The minimum Gasteiger partial charge on any atom is -0.278 e. The molecule has 0 amide bonds. The standard InChI is InChI=1S/C20H15F3N2/c1-20(2)9-14-13(4-3-5-15(14)21)18(25-20)12-8-11-6-7-16(22)17(23)19(11)24-10-12/h3-8,10H,9H2,1-2H3. The van der Waals surface area contributed by atoms with E-state index in [2.05, 4.69) is 4.98 Å². The molecule has 2 aromatic carbocycles. The van der Waals surface area contributed by atoms with Crippen LogP contribution in [0.4, 0.5) is 13.2 Å². The van der Waals surface area contributed by atoms with Crippen LogP contribution in [0.5, 0.6) is 0 Å². The zero-order valence-electron chi connectivity index (χ0n) is 13.8. The summed E-state index contributed by atoms with van der Waals surface area (Å²) in [4.78, 5) is 8.83. The number of aliphatic imine (C=N–C) groups is 1. The van der Waals surface area contributed by atoms with E-state index in [1.807, 2.05) is 19.9 Å². The van der Waals surface area contributed by atoms with Crippen molar-refractivity contribution in [2.75, 3.05) is 0 Å². The quantitative estimate of drug-likeness (QED) is 0.623. The van der Waals surface area contributed by atoms with Crippen LogP contribution in [0.15, 0.2) is 47.6 Å². The molecule has 0 radical (unpaired) electrons. The van der Waals surface area contributed by atoms with Crippen molar-refractivity contribution in [3.8, 4) is 0 Å². The highest BCUT2D eigenvalue weighted by Crippen LogP contribution is 2.31. The Morgan fingerprint density at radius 2 is 1.80 bits per heavy atom. The monoisotopic (exact) mass is 340 g/mol. The number of hydrogen-bond acceptors (Lipinski definition) is 2. The van der Waals surface area contributed by atoms with Crippen LogP contribution in [0.2, 0.25) is 0 Å². The molecule has 1 aromatic heterocycles. The molecule has 25 heavy (non-hydrogen) atoms. The molecule has 126 valence electrons. The molecule has 0 fully saturated rings. The smallest absolute Gasteiger partial charge is 0.184 e. The third kappa shape index (κ3) is 2.60. The zero-order chi connectivity index (χ0) is 17.8. The van der Waals surface area contributed by atoms with Gasteiger partial charge in [-0.15, -0.1) is 0 Å². The molecule has 0 spiro atoms. The van der Waals surface area contributed by atoms with Gasteiger partial charge in [-0.3, -0.25) is 9.98 Å². The average Bonchev–Trinajstić information content (AvgIpc) is 2.58. The van der Waals surface area contributed by atoms with Crippen LogP contribution < -0.4 is 0 Å². The van der Waals surface area contributed by atoms with Crippen LogP contribution in [0.25, 0.3) is 10.9 Å². The lowest BCUT2D eigenvalue weighted by Gasteiger charge is -2.29. The van der Waals surface area contributed by atoms with Crippen molar-refractivity contribution in [3.05, 3.63) is 76.7 Å². The minimum absolute atomic E-state index is 0.0288. The van der Waals surface area contributed by atoms with Crippen LogP contribution in [-0.4, -0.2) is 16.2 Å². The van der Waals surface area contributed by atoms with E-state index in [0.717, 1.165) is 6.07 Å². The molecule has 0 saturated heterocycles. The Kier molecular flexibility index (Phi) is 3.42. The van der Waals surface area contributed by atoms with Crippen molar-refractivity contribution in [2.45, 2.75) is 25.8 Å². The summed E-state index contributed by atoms with van der Waals surface area (Å²) in [6.45, 7) is 3.87. The Bertz CT molecular complexity index is 1040. The summed E-state index contributed by atoms with van der Waals surface area (Å²) in [5.74, 6) is -2.17. The maximum absolute atomic E-state index is 14.3. The Balaban J connectivity index is 1.94. The zero-order valence-corrected chi connectivity index (χ0v) is 13.8. The molecule has 2 nitrogen and oxygen atoms in total. The van der Waals surface area contributed by atoms with Gasteiger partial charge in [0.1, 0.15) is 11.3 Å². The fraction of sp³-hybridized carbons (Fsp3) is 0.200. The number of fused-ring (bicyclic) bond motifs is 2. The molecule has 1 aliphatic rings. The lowest BCUT2D eigenvalue weighted by Crippen LogP contribution is -2.30. The lowest BCUT2D eigenvalue weighted by molar-refractivity contribution is 0.492. The van der Waals surface area contributed by atoms with Gasteiger partial charge in [0, 0.05) is 29.1 Å². The summed E-state index contributed by atoms with van der Waals surface area (Å²) in [6, 6.07) is 9.16. The van der Waals surface area contributed by atoms with Crippen LogP contribution in [0.3, 0.4) is 0 Å². The molecule has 2 heterocycles. The largest absolute Gasteiger partial charge is 0.278 e. The molecule has 1 aliphatic heterocycles. The van der Waals surface area contributed by atoms with E-state index in [-0.39, 0.29) is 11.3 Å². The summed E-state index contributed by atoms with van der Waals surface area (Å²) in [5, 5.41) is 0.473. The highest BCUT2D eigenvalue weighted by Gasteiger charge is 2.29. The summed E-state index contributed by atoms with van der Waals surface area (Å²) in [7, 11) is 0. The van der Waals surface area contributed by atoms with Crippen LogP contribution in [-0.2, 0) is 6.42 Å². The Morgan fingerprint density at radius 1 is 1.00 bits per heavy atom. The van der Waals surface area contributed by atoms with Gasteiger partial charge >= 0.3 is 0 Å². The molecule has 0 saturated carbocycles. The second kappa shape index (κ2) is 5.41. The number of rotatable bonds is 1. The number of benzene rings is 2. The van der Waals surface area contributed by atoms with Crippen molar-refractivity contribution >= 4 is 16.6 Å². The van der Waals surface area contributed by atoms with Crippen molar-refractivity contribution in [2.24, 2.45) is 4.99 Å². The third-order valence-corrected chi connectivity index (χ3v) is 4.42. The van der Waals surface area contributed by atoms with Gasteiger partial charge < -0.3 is 0 Å². The van der Waals surface area contributed by atoms with E-state index in [4.69, 9.17) is 4.99 Å². The van der Waals surface area contributed by atoms with E-state index in [1.165, 1.54) is 18.3 Å². The molecule has 5 heteroatoms. The van der Waals surface area contributed by atoms with Gasteiger partial charge in [-0.05, 0) is 43.7 Å². The number of aromatic nitrogens is 1. The van der Waals surface area contributed by atoms with Gasteiger partial charge in [0.15, 0.2) is 11.6 Å². The maximum atomic E-state index is 14.3. The summed E-state index contributed by atoms with van der Waals surface area (Å²) in [6.07, 6.45) is 1.96. The molecule has 0 unspecified atom stereocenters. The first kappa shape index (κ1) is 15.8. The van der Waals surface area contributed by atoms with Gasteiger partial charge in [0.05, 0.1) is 11.3 Å². The first-order valence-corrected chi connectivity index (χ1v) is 7.97. The molecule has 3 aromatic rings. The Labute approximate surface area is 143 Å². The highest BCUT2D eigenvalue weighted by atomic mass is 19.2. The molecular formula is C20H15F3N2. The predicted octanol–water partition coefficient (Wildman–Crippen LogP) is 4.82. The highest BCUT2D eigenvalue weighted by molar-refractivity contribution is 6.15.